The fourth-order valence-electron chi connectivity index (χ4n) is 2.91. The smallest absolute Gasteiger partial charge is 0.244 e. The van der Waals surface area contributed by atoms with Crippen molar-refractivity contribution in [2.24, 2.45) is 5.10 Å². The van der Waals surface area contributed by atoms with E-state index in [1.807, 2.05) is 62.4 Å². The van der Waals surface area contributed by atoms with Crippen molar-refractivity contribution in [3.63, 3.8) is 0 Å². The molecule has 0 atom stereocenters. The number of carbonyl (C=O) groups excluding carboxylic acids is 1. The molecule has 0 radical (unpaired) electrons. The van der Waals surface area contributed by atoms with Crippen LogP contribution in [0.3, 0.4) is 0 Å². The molecule has 0 heterocycles. The van der Waals surface area contributed by atoms with Crippen LogP contribution in [0.5, 0.6) is 11.5 Å². The van der Waals surface area contributed by atoms with Gasteiger partial charge in [0.05, 0.1) is 24.3 Å². The third-order valence-electron chi connectivity index (χ3n) is 4.52. The predicted molar refractivity (Wildman–Crippen MR) is 132 cm³/mol. The van der Waals surface area contributed by atoms with Gasteiger partial charge >= 0.3 is 0 Å². The van der Waals surface area contributed by atoms with Gasteiger partial charge < -0.3 is 9.47 Å². The number of halogens is 2. The van der Waals surface area contributed by atoms with E-state index in [1.54, 1.807) is 12.1 Å². The number of aryl methyl sites for hydroxylation is 1. The monoisotopic (exact) mass is 514 g/mol. The Morgan fingerprint density at radius 1 is 1.06 bits per heavy atom. The normalized spacial score (nSPS) is 10.9. The first-order valence-corrected chi connectivity index (χ1v) is 11.3. The van der Waals surface area contributed by atoms with Crippen molar-refractivity contribution in [2.45, 2.75) is 26.9 Å². The third kappa shape index (κ3) is 7.11. The minimum absolute atomic E-state index is 0.210. The molecule has 0 spiro atoms. The number of hydrogen-bond donors (Lipinski definition) is 1. The van der Waals surface area contributed by atoms with Gasteiger partial charge in [0.2, 0.25) is 5.91 Å². The lowest BCUT2D eigenvalue weighted by atomic mass is 10.1. The van der Waals surface area contributed by atoms with E-state index in [0.29, 0.717) is 35.3 Å². The van der Waals surface area contributed by atoms with Crippen molar-refractivity contribution in [3.8, 4) is 11.5 Å². The summed E-state index contributed by atoms with van der Waals surface area (Å²) < 4.78 is 12.6. The van der Waals surface area contributed by atoms with Crippen molar-refractivity contribution >= 4 is 39.7 Å². The number of hydrazone groups is 1. The zero-order valence-corrected chi connectivity index (χ0v) is 20.2. The average Bonchev–Trinajstić information content (AvgIpc) is 2.76. The highest BCUT2D eigenvalue weighted by atomic mass is 79.9. The minimum atomic E-state index is -0.210. The molecule has 0 saturated carbocycles. The van der Waals surface area contributed by atoms with Gasteiger partial charge in [-0.25, -0.2) is 5.43 Å². The highest BCUT2D eigenvalue weighted by Crippen LogP contribution is 2.37. The lowest BCUT2D eigenvalue weighted by Crippen LogP contribution is -2.19. The molecule has 166 valence electrons. The van der Waals surface area contributed by atoms with Crippen LogP contribution in [-0.2, 0) is 17.8 Å². The Kier molecular flexibility index (Phi) is 8.71. The first-order chi connectivity index (χ1) is 15.4. The summed E-state index contributed by atoms with van der Waals surface area (Å²) in [6, 6.07) is 19.2. The topological polar surface area (TPSA) is 59.9 Å². The maximum atomic E-state index is 12.1. The second kappa shape index (κ2) is 11.7. The molecule has 7 heteroatoms. The van der Waals surface area contributed by atoms with Crippen LogP contribution in [0, 0.1) is 6.92 Å². The largest absolute Gasteiger partial charge is 0.490 e. The second-order valence-corrected chi connectivity index (χ2v) is 8.46. The van der Waals surface area contributed by atoms with Gasteiger partial charge in [0.1, 0.15) is 6.61 Å². The van der Waals surface area contributed by atoms with Gasteiger partial charge in [-0.15, -0.1) is 0 Å². The molecule has 1 amide bonds. The van der Waals surface area contributed by atoms with Crippen LogP contribution in [0.25, 0.3) is 0 Å². The molecule has 0 aliphatic carbocycles. The van der Waals surface area contributed by atoms with Crippen LogP contribution in [0.15, 0.2) is 70.2 Å². The van der Waals surface area contributed by atoms with Gasteiger partial charge in [-0.05, 0) is 54.8 Å². The number of nitrogens with one attached hydrogen (secondary N) is 1. The Labute approximate surface area is 201 Å². The first-order valence-electron chi connectivity index (χ1n) is 10.2. The lowest BCUT2D eigenvalue weighted by molar-refractivity contribution is -0.120. The maximum absolute atomic E-state index is 12.1. The van der Waals surface area contributed by atoms with Crippen LogP contribution in [0.1, 0.15) is 29.2 Å². The number of hydrogen-bond acceptors (Lipinski definition) is 4. The predicted octanol–water partition coefficient (Wildman–Crippen LogP) is 6.08. The Morgan fingerprint density at radius 3 is 2.44 bits per heavy atom. The van der Waals surface area contributed by atoms with Crippen LogP contribution in [-0.4, -0.2) is 18.7 Å². The molecule has 0 aliphatic rings. The van der Waals surface area contributed by atoms with E-state index in [9.17, 15) is 4.79 Å². The summed E-state index contributed by atoms with van der Waals surface area (Å²) in [4.78, 5) is 12.1. The molecule has 3 aromatic rings. The molecule has 0 saturated heterocycles. The highest BCUT2D eigenvalue weighted by molar-refractivity contribution is 9.10. The van der Waals surface area contributed by atoms with Crippen molar-refractivity contribution < 1.29 is 14.3 Å². The number of amides is 1. The van der Waals surface area contributed by atoms with E-state index in [1.165, 1.54) is 11.8 Å². The van der Waals surface area contributed by atoms with E-state index in [2.05, 4.69) is 26.5 Å². The molecule has 3 aromatic carbocycles. The maximum Gasteiger partial charge on any atom is 0.244 e. The third-order valence-corrected chi connectivity index (χ3v) is 5.33. The molecule has 0 fully saturated rings. The number of ether oxygens (including phenoxy) is 2. The lowest BCUT2D eigenvalue weighted by Gasteiger charge is -2.14. The molecule has 0 aliphatic heterocycles. The van der Waals surface area contributed by atoms with Gasteiger partial charge in [-0.2, -0.15) is 5.10 Å². The van der Waals surface area contributed by atoms with Gasteiger partial charge in [-0.1, -0.05) is 69.5 Å². The van der Waals surface area contributed by atoms with Crippen molar-refractivity contribution in [1.29, 1.82) is 0 Å². The molecule has 0 unspecified atom stereocenters. The highest BCUT2D eigenvalue weighted by Gasteiger charge is 2.13. The van der Waals surface area contributed by atoms with Gasteiger partial charge in [0.15, 0.2) is 11.5 Å². The fourth-order valence-corrected chi connectivity index (χ4v) is 3.45. The van der Waals surface area contributed by atoms with Gasteiger partial charge in [0, 0.05) is 4.47 Å². The fraction of sp³-hybridized carbons (Fsp3) is 0.200. The van der Waals surface area contributed by atoms with Crippen LogP contribution < -0.4 is 14.9 Å². The summed E-state index contributed by atoms with van der Waals surface area (Å²) in [7, 11) is 0. The number of benzene rings is 3. The van der Waals surface area contributed by atoms with Gasteiger partial charge in [-0.3, -0.25) is 4.79 Å². The quantitative estimate of drug-likeness (QED) is 0.277. The standard InChI is InChI=1S/C25H24BrClN2O3/c1-3-31-23-13-20(15-28-29-24(30)14-18-8-10-21(26)11-9-18)12-22(27)25(23)32-16-19-6-4-17(2)5-7-19/h4-13,15H,3,14,16H2,1-2H3,(H,29,30)/b28-15+. The van der Waals surface area contributed by atoms with Crippen LogP contribution >= 0.6 is 27.5 Å². The molecule has 5 nitrogen and oxygen atoms in total. The molecule has 1 N–H and O–H groups in total. The Bertz CT molecular complexity index is 1080. The van der Waals surface area contributed by atoms with Crippen LogP contribution in [0.2, 0.25) is 5.02 Å². The van der Waals surface area contributed by atoms with E-state index in [4.69, 9.17) is 21.1 Å². The summed E-state index contributed by atoms with van der Waals surface area (Å²) in [5.74, 6) is 0.790. The van der Waals surface area contributed by atoms with Gasteiger partial charge in [0.25, 0.3) is 0 Å². The molecule has 32 heavy (non-hydrogen) atoms. The Hall–Kier alpha value is -2.83. The molecule has 3 rings (SSSR count). The van der Waals surface area contributed by atoms with Crippen molar-refractivity contribution in [1.82, 2.24) is 5.43 Å². The first kappa shape index (κ1) is 23.8. The Balaban J connectivity index is 1.65. The molecule has 0 bridgehead atoms. The van der Waals surface area contributed by atoms with E-state index < -0.39 is 0 Å². The van der Waals surface area contributed by atoms with Crippen molar-refractivity contribution in [3.05, 3.63) is 92.4 Å². The minimum Gasteiger partial charge on any atom is -0.490 e. The SMILES string of the molecule is CCOc1cc(/C=N/NC(=O)Cc2ccc(Br)cc2)cc(Cl)c1OCc1ccc(C)cc1. The summed E-state index contributed by atoms with van der Waals surface area (Å²) in [6.45, 7) is 4.76. The number of carbonyl (C=O) groups is 1. The van der Waals surface area contributed by atoms with E-state index in [-0.39, 0.29) is 12.3 Å². The van der Waals surface area contributed by atoms with Crippen LogP contribution in [0.4, 0.5) is 0 Å². The number of nitrogens with zero attached hydrogens (tertiary/aromatic N) is 1. The van der Waals surface area contributed by atoms with Crippen molar-refractivity contribution in [2.75, 3.05) is 6.61 Å². The zero-order valence-electron chi connectivity index (χ0n) is 17.9. The Morgan fingerprint density at radius 2 is 1.75 bits per heavy atom. The van der Waals surface area contributed by atoms with E-state index in [0.717, 1.165) is 15.6 Å². The summed E-state index contributed by atoms with van der Waals surface area (Å²) in [6.07, 6.45) is 1.76. The second-order valence-electron chi connectivity index (χ2n) is 7.13. The molecular weight excluding hydrogens is 492 g/mol. The summed E-state index contributed by atoms with van der Waals surface area (Å²) >= 11 is 9.84. The molecular formula is C25H24BrClN2O3. The summed E-state index contributed by atoms with van der Waals surface area (Å²) in [5.41, 5.74) is 6.35. The average molecular weight is 516 g/mol. The molecule has 0 aromatic heterocycles. The summed E-state index contributed by atoms with van der Waals surface area (Å²) in [5, 5.41) is 4.45. The zero-order chi connectivity index (χ0) is 22.9. The number of rotatable bonds is 9. The van der Waals surface area contributed by atoms with E-state index >= 15 is 0 Å².